The van der Waals surface area contributed by atoms with E-state index in [2.05, 4.69) is 4.72 Å². The first-order valence-corrected chi connectivity index (χ1v) is 10.3. The fourth-order valence-corrected chi connectivity index (χ4v) is 3.68. The SMILES string of the molecule is COCCNS(=O)(=O)c1ccc(C(=O)N(C)Cc2ccc(Cl)c(Cl)c2)cc1. The highest BCUT2D eigenvalue weighted by atomic mass is 35.5. The molecule has 6 nitrogen and oxygen atoms in total. The first-order valence-electron chi connectivity index (χ1n) is 8.02. The van der Waals surface area contributed by atoms with Crippen LogP contribution < -0.4 is 4.72 Å². The molecule has 0 heterocycles. The molecule has 0 saturated carbocycles. The number of nitrogens with one attached hydrogen (secondary N) is 1. The second kappa shape index (κ2) is 9.52. The summed E-state index contributed by atoms with van der Waals surface area (Å²) in [6.45, 7) is 0.787. The summed E-state index contributed by atoms with van der Waals surface area (Å²) in [7, 11) is -0.491. The molecule has 2 rings (SSSR count). The van der Waals surface area contributed by atoms with Crippen LogP contribution in [0.4, 0.5) is 0 Å². The third kappa shape index (κ3) is 5.92. The molecule has 0 saturated heterocycles. The number of halogens is 2. The number of nitrogens with zero attached hydrogens (tertiary/aromatic N) is 1. The van der Waals surface area contributed by atoms with E-state index in [-0.39, 0.29) is 24.0 Å². The molecule has 0 unspecified atom stereocenters. The molecule has 0 aliphatic rings. The number of amides is 1. The minimum Gasteiger partial charge on any atom is -0.383 e. The highest BCUT2D eigenvalue weighted by Crippen LogP contribution is 2.23. The normalized spacial score (nSPS) is 11.4. The number of carbonyl (C=O) groups excluding carboxylic acids is 1. The molecule has 27 heavy (non-hydrogen) atoms. The summed E-state index contributed by atoms with van der Waals surface area (Å²) in [5, 5.41) is 0.871. The number of hydrogen-bond donors (Lipinski definition) is 1. The van der Waals surface area contributed by atoms with E-state index in [1.54, 1.807) is 25.2 Å². The Kier molecular flexibility index (Phi) is 7.64. The average molecular weight is 431 g/mol. The molecule has 146 valence electrons. The maximum absolute atomic E-state index is 12.6. The number of hydrogen-bond acceptors (Lipinski definition) is 4. The Balaban J connectivity index is 2.06. The van der Waals surface area contributed by atoms with Crippen molar-refractivity contribution in [2.45, 2.75) is 11.4 Å². The van der Waals surface area contributed by atoms with Gasteiger partial charge < -0.3 is 9.64 Å². The van der Waals surface area contributed by atoms with Crippen molar-refractivity contribution >= 4 is 39.1 Å². The highest BCUT2D eigenvalue weighted by molar-refractivity contribution is 7.89. The van der Waals surface area contributed by atoms with Crippen molar-refractivity contribution in [3.8, 4) is 0 Å². The van der Waals surface area contributed by atoms with Crippen LogP contribution in [0.15, 0.2) is 47.4 Å². The van der Waals surface area contributed by atoms with Crippen molar-refractivity contribution in [1.82, 2.24) is 9.62 Å². The topological polar surface area (TPSA) is 75.7 Å². The Labute approximate surface area is 169 Å². The van der Waals surface area contributed by atoms with E-state index in [1.165, 1.54) is 36.3 Å². The zero-order valence-corrected chi connectivity index (χ0v) is 17.2. The molecule has 2 aromatic carbocycles. The highest BCUT2D eigenvalue weighted by Gasteiger charge is 2.16. The van der Waals surface area contributed by atoms with Crippen molar-refractivity contribution in [2.24, 2.45) is 0 Å². The van der Waals surface area contributed by atoms with E-state index in [1.807, 2.05) is 0 Å². The Morgan fingerprint density at radius 1 is 1.11 bits per heavy atom. The minimum absolute atomic E-state index is 0.0855. The van der Waals surface area contributed by atoms with Gasteiger partial charge in [-0.1, -0.05) is 29.3 Å². The molecule has 0 spiro atoms. The van der Waals surface area contributed by atoms with Crippen LogP contribution >= 0.6 is 23.2 Å². The predicted octanol–water partition coefficient (Wildman–Crippen LogP) is 3.19. The molecule has 0 aliphatic heterocycles. The van der Waals surface area contributed by atoms with Crippen molar-refractivity contribution in [2.75, 3.05) is 27.3 Å². The van der Waals surface area contributed by atoms with Gasteiger partial charge in [-0.15, -0.1) is 0 Å². The van der Waals surface area contributed by atoms with Gasteiger partial charge in [0.25, 0.3) is 5.91 Å². The summed E-state index contributed by atoms with van der Waals surface area (Å²) >= 11 is 11.9. The summed E-state index contributed by atoms with van der Waals surface area (Å²) in [5.41, 5.74) is 1.22. The lowest BCUT2D eigenvalue weighted by atomic mass is 10.1. The van der Waals surface area contributed by atoms with Crippen LogP contribution in [-0.2, 0) is 21.3 Å². The first kappa shape index (κ1) is 21.7. The Morgan fingerprint density at radius 3 is 2.37 bits per heavy atom. The van der Waals surface area contributed by atoms with E-state index in [0.29, 0.717) is 22.2 Å². The monoisotopic (exact) mass is 430 g/mol. The van der Waals surface area contributed by atoms with Gasteiger partial charge in [-0.3, -0.25) is 4.79 Å². The Bertz CT molecular complexity index is 902. The minimum atomic E-state index is -3.63. The summed E-state index contributed by atoms with van der Waals surface area (Å²) in [6.07, 6.45) is 0. The van der Waals surface area contributed by atoms with Crippen molar-refractivity contribution < 1.29 is 17.9 Å². The number of carbonyl (C=O) groups is 1. The number of ether oxygens (including phenoxy) is 1. The fraction of sp³-hybridized carbons (Fsp3) is 0.278. The fourth-order valence-electron chi connectivity index (χ4n) is 2.34. The van der Waals surface area contributed by atoms with Gasteiger partial charge in [0.15, 0.2) is 0 Å². The van der Waals surface area contributed by atoms with Gasteiger partial charge in [-0.25, -0.2) is 13.1 Å². The lowest BCUT2D eigenvalue weighted by Gasteiger charge is -2.18. The molecule has 1 N–H and O–H groups in total. The van der Waals surface area contributed by atoms with Gasteiger partial charge in [0, 0.05) is 32.8 Å². The van der Waals surface area contributed by atoms with Crippen LogP contribution in [0, 0.1) is 0 Å². The molecule has 0 radical (unpaired) electrons. The van der Waals surface area contributed by atoms with Crippen LogP contribution in [0.25, 0.3) is 0 Å². The lowest BCUT2D eigenvalue weighted by molar-refractivity contribution is 0.0785. The number of methoxy groups -OCH3 is 1. The third-order valence-corrected chi connectivity index (χ3v) is 5.98. The molecular formula is C18H20Cl2N2O4S. The second-order valence-electron chi connectivity index (χ2n) is 5.82. The zero-order valence-electron chi connectivity index (χ0n) is 14.9. The van der Waals surface area contributed by atoms with Gasteiger partial charge in [0.05, 0.1) is 21.5 Å². The summed E-state index contributed by atoms with van der Waals surface area (Å²) < 4.78 is 31.5. The van der Waals surface area contributed by atoms with Crippen LogP contribution in [-0.4, -0.2) is 46.5 Å². The summed E-state index contributed by atoms with van der Waals surface area (Å²) in [5.74, 6) is -0.239. The van der Waals surface area contributed by atoms with E-state index in [9.17, 15) is 13.2 Å². The number of rotatable bonds is 8. The smallest absolute Gasteiger partial charge is 0.253 e. The van der Waals surface area contributed by atoms with E-state index in [4.69, 9.17) is 27.9 Å². The summed E-state index contributed by atoms with van der Waals surface area (Å²) in [4.78, 5) is 14.2. The number of benzene rings is 2. The molecule has 0 aromatic heterocycles. The number of sulfonamides is 1. The molecule has 0 fully saturated rings. The standard InChI is InChI=1S/C18H20Cl2N2O4S/c1-22(12-13-3-8-16(19)17(20)11-13)18(23)14-4-6-15(7-5-14)27(24,25)21-9-10-26-2/h3-8,11,21H,9-10,12H2,1-2H3. The van der Waals surface area contributed by atoms with Gasteiger partial charge in [0.1, 0.15) is 0 Å². The van der Waals surface area contributed by atoms with E-state index < -0.39 is 10.0 Å². The zero-order chi connectivity index (χ0) is 20.0. The molecule has 2 aromatic rings. The van der Waals surface area contributed by atoms with Crippen molar-refractivity contribution in [3.05, 3.63) is 63.6 Å². The van der Waals surface area contributed by atoms with Gasteiger partial charge >= 0.3 is 0 Å². The molecular weight excluding hydrogens is 411 g/mol. The van der Waals surface area contributed by atoms with Gasteiger partial charge in [0.2, 0.25) is 10.0 Å². The Hall–Kier alpha value is -1.64. The lowest BCUT2D eigenvalue weighted by Crippen LogP contribution is -2.28. The van der Waals surface area contributed by atoms with E-state index in [0.717, 1.165) is 5.56 Å². The molecule has 0 atom stereocenters. The second-order valence-corrected chi connectivity index (χ2v) is 8.41. The van der Waals surface area contributed by atoms with Crippen LogP contribution in [0.5, 0.6) is 0 Å². The summed E-state index contributed by atoms with van der Waals surface area (Å²) in [6, 6.07) is 10.9. The van der Waals surface area contributed by atoms with Crippen LogP contribution in [0.1, 0.15) is 15.9 Å². The Morgan fingerprint density at radius 2 is 1.78 bits per heavy atom. The predicted molar refractivity (Wildman–Crippen MR) is 106 cm³/mol. The molecule has 9 heteroatoms. The first-order chi connectivity index (χ1) is 12.7. The van der Waals surface area contributed by atoms with Gasteiger partial charge in [-0.05, 0) is 42.0 Å². The molecule has 0 aliphatic carbocycles. The van der Waals surface area contributed by atoms with Crippen LogP contribution in [0.3, 0.4) is 0 Å². The molecule has 0 bridgehead atoms. The van der Waals surface area contributed by atoms with E-state index >= 15 is 0 Å². The van der Waals surface area contributed by atoms with Crippen molar-refractivity contribution in [1.29, 1.82) is 0 Å². The molecule has 1 amide bonds. The maximum Gasteiger partial charge on any atom is 0.253 e. The quantitative estimate of drug-likeness (QED) is 0.652. The largest absolute Gasteiger partial charge is 0.383 e. The third-order valence-electron chi connectivity index (χ3n) is 3.76. The van der Waals surface area contributed by atoms with Crippen molar-refractivity contribution in [3.63, 3.8) is 0 Å². The van der Waals surface area contributed by atoms with Gasteiger partial charge in [-0.2, -0.15) is 0 Å². The maximum atomic E-state index is 12.6. The average Bonchev–Trinajstić information content (AvgIpc) is 2.64. The van der Waals surface area contributed by atoms with Crippen LogP contribution in [0.2, 0.25) is 10.0 Å².